The Morgan fingerprint density at radius 1 is 1.19 bits per heavy atom. The molecule has 116 valence electrons. The van der Waals surface area contributed by atoms with E-state index in [0.717, 1.165) is 0 Å². The van der Waals surface area contributed by atoms with Crippen LogP contribution in [0.5, 0.6) is 5.75 Å². The van der Waals surface area contributed by atoms with E-state index in [4.69, 9.17) is 15.2 Å². The molecule has 0 fully saturated rings. The molecule has 0 unspecified atom stereocenters. The molecule has 6 nitrogen and oxygen atoms in total. The molecule has 1 rings (SSSR count). The second kappa shape index (κ2) is 8.14. The van der Waals surface area contributed by atoms with Gasteiger partial charge in [-0.15, -0.1) is 0 Å². The molecular weight excluding hydrogens is 272 g/mol. The fraction of sp³-hybridized carbons (Fsp3) is 0.467. The van der Waals surface area contributed by atoms with E-state index >= 15 is 0 Å². The van der Waals surface area contributed by atoms with E-state index in [-0.39, 0.29) is 19.1 Å². The van der Waals surface area contributed by atoms with Crippen molar-refractivity contribution in [3.05, 3.63) is 23.8 Å². The molecule has 6 heteroatoms. The fourth-order valence-electron chi connectivity index (χ4n) is 1.89. The minimum absolute atomic E-state index is 0.0937. The predicted octanol–water partition coefficient (Wildman–Crippen LogP) is 1.69. The number of carbonyl (C=O) groups excluding carboxylic acids is 2. The van der Waals surface area contributed by atoms with Gasteiger partial charge >= 0.3 is 5.97 Å². The van der Waals surface area contributed by atoms with E-state index in [2.05, 4.69) is 0 Å². The molecule has 0 aliphatic carbocycles. The van der Waals surface area contributed by atoms with Gasteiger partial charge in [0.15, 0.2) is 5.75 Å². The van der Waals surface area contributed by atoms with Gasteiger partial charge in [0.05, 0.1) is 24.5 Å². The Bertz CT molecular complexity index is 502. The summed E-state index contributed by atoms with van der Waals surface area (Å²) >= 11 is 0. The molecule has 2 N–H and O–H groups in total. The van der Waals surface area contributed by atoms with Crippen molar-refractivity contribution in [2.75, 3.05) is 32.0 Å². The molecule has 0 aliphatic rings. The summed E-state index contributed by atoms with van der Waals surface area (Å²) in [5.74, 6) is -0.386. The Labute approximate surface area is 124 Å². The number of likely N-dealkylation sites (N-methyl/N-ethyl adjacent to an activating group) is 1. The highest BCUT2D eigenvalue weighted by atomic mass is 16.5. The molecule has 1 aromatic carbocycles. The van der Waals surface area contributed by atoms with E-state index in [9.17, 15) is 9.59 Å². The largest absolute Gasteiger partial charge is 0.491 e. The molecule has 0 spiro atoms. The van der Waals surface area contributed by atoms with Crippen LogP contribution >= 0.6 is 0 Å². The number of nitrogens with zero attached hydrogens (tertiary/aromatic N) is 1. The summed E-state index contributed by atoms with van der Waals surface area (Å²) in [5, 5.41) is 0. The normalized spacial score (nSPS) is 10.0. The lowest BCUT2D eigenvalue weighted by molar-refractivity contribution is -0.143. The second-order valence-electron chi connectivity index (χ2n) is 4.28. The highest BCUT2D eigenvalue weighted by Crippen LogP contribution is 2.27. The van der Waals surface area contributed by atoms with E-state index in [0.29, 0.717) is 30.2 Å². The van der Waals surface area contributed by atoms with Gasteiger partial charge < -0.3 is 20.1 Å². The number of amides is 1. The molecule has 0 aliphatic heterocycles. The maximum absolute atomic E-state index is 12.5. The van der Waals surface area contributed by atoms with Gasteiger partial charge in [-0.2, -0.15) is 0 Å². The summed E-state index contributed by atoms with van der Waals surface area (Å²) in [6, 6.07) is 4.99. The molecular formula is C15H22N2O4. The van der Waals surface area contributed by atoms with Gasteiger partial charge in [-0.1, -0.05) is 6.07 Å². The van der Waals surface area contributed by atoms with Crippen LogP contribution in [0, 0.1) is 0 Å². The molecule has 21 heavy (non-hydrogen) atoms. The summed E-state index contributed by atoms with van der Waals surface area (Å²) in [7, 11) is 0. The zero-order valence-corrected chi connectivity index (χ0v) is 12.7. The second-order valence-corrected chi connectivity index (χ2v) is 4.28. The molecule has 0 radical (unpaired) electrons. The van der Waals surface area contributed by atoms with Crippen LogP contribution in [0.2, 0.25) is 0 Å². The van der Waals surface area contributed by atoms with Crippen LogP contribution in [0.3, 0.4) is 0 Å². The lowest BCUT2D eigenvalue weighted by Gasteiger charge is -2.21. The quantitative estimate of drug-likeness (QED) is 0.611. The van der Waals surface area contributed by atoms with Crippen molar-refractivity contribution in [1.82, 2.24) is 4.90 Å². The van der Waals surface area contributed by atoms with Crippen molar-refractivity contribution in [3.8, 4) is 5.75 Å². The molecule has 1 amide bonds. The monoisotopic (exact) mass is 294 g/mol. The number of anilines is 1. The van der Waals surface area contributed by atoms with Crippen LogP contribution in [0.15, 0.2) is 18.2 Å². The number of rotatable bonds is 7. The smallest absolute Gasteiger partial charge is 0.325 e. The Kier molecular flexibility index (Phi) is 6.52. The minimum atomic E-state index is -0.436. The predicted molar refractivity (Wildman–Crippen MR) is 80.2 cm³/mol. The lowest BCUT2D eigenvalue weighted by atomic mass is 10.1. The average Bonchev–Trinajstić information content (AvgIpc) is 2.46. The number of esters is 1. The number of carbonyl (C=O) groups is 2. The number of hydrogen-bond acceptors (Lipinski definition) is 5. The molecule has 1 aromatic rings. The standard InChI is InChI=1S/C15H22N2O4/c1-4-17(10-13(18)20-5-2)15(19)11-8-7-9-12(16)14(11)21-6-3/h7-9H,4-6,10,16H2,1-3H3. The summed E-state index contributed by atoms with van der Waals surface area (Å²) in [5.41, 5.74) is 6.60. The summed E-state index contributed by atoms with van der Waals surface area (Å²) in [6.45, 7) is 6.31. The van der Waals surface area contributed by atoms with E-state index in [1.165, 1.54) is 4.90 Å². The van der Waals surface area contributed by atoms with E-state index in [1.807, 2.05) is 6.92 Å². The van der Waals surface area contributed by atoms with Crippen molar-refractivity contribution in [3.63, 3.8) is 0 Å². The zero-order valence-electron chi connectivity index (χ0n) is 12.7. The summed E-state index contributed by atoms with van der Waals surface area (Å²) in [4.78, 5) is 25.5. The fourth-order valence-corrected chi connectivity index (χ4v) is 1.89. The molecule has 0 saturated heterocycles. The maximum Gasteiger partial charge on any atom is 0.325 e. The molecule has 0 heterocycles. The van der Waals surface area contributed by atoms with Crippen molar-refractivity contribution < 1.29 is 19.1 Å². The molecule has 0 bridgehead atoms. The van der Waals surface area contributed by atoms with E-state index < -0.39 is 5.97 Å². The van der Waals surface area contributed by atoms with E-state index in [1.54, 1.807) is 32.0 Å². The Balaban J connectivity index is 2.99. The van der Waals surface area contributed by atoms with Crippen LogP contribution in [0.1, 0.15) is 31.1 Å². The number of ether oxygens (including phenoxy) is 2. The van der Waals surface area contributed by atoms with Crippen molar-refractivity contribution in [2.24, 2.45) is 0 Å². The first-order valence-corrected chi connectivity index (χ1v) is 7.01. The number of benzene rings is 1. The third-order valence-electron chi connectivity index (χ3n) is 2.86. The minimum Gasteiger partial charge on any atom is -0.491 e. The van der Waals surface area contributed by atoms with Crippen LogP contribution in [0.25, 0.3) is 0 Å². The van der Waals surface area contributed by atoms with Gasteiger partial charge in [0.1, 0.15) is 6.54 Å². The number of para-hydroxylation sites is 1. The van der Waals surface area contributed by atoms with Crippen molar-refractivity contribution in [2.45, 2.75) is 20.8 Å². The molecule has 0 aromatic heterocycles. The first kappa shape index (κ1) is 16.8. The topological polar surface area (TPSA) is 81.9 Å². The van der Waals surface area contributed by atoms with Crippen molar-refractivity contribution >= 4 is 17.6 Å². The van der Waals surface area contributed by atoms with Gasteiger partial charge in [-0.3, -0.25) is 9.59 Å². The molecule has 0 atom stereocenters. The maximum atomic E-state index is 12.5. The lowest BCUT2D eigenvalue weighted by Crippen LogP contribution is -2.36. The number of nitrogens with two attached hydrogens (primary N) is 1. The first-order valence-electron chi connectivity index (χ1n) is 7.01. The van der Waals surface area contributed by atoms with Gasteiger partial charge in [-0.25, -0.2) is 0 Å². The first-order chi connectivity index (χ1) is 10.0. The van der Waals surface area contributed by atoms with Crippen molar-refractivity contribution in [1.29, 1.82) is 0 Å². The highest BCUT2D eigenvalue weighted by molar-refractivity contribution is 5.99. The highest BCUT2D eigenvalue weighted by Gasteiger charge is 2.22. The third-order valence-corrected chi connectivity index (χ3v) is 2.86. The summed E-state index contributed by atoms with van der Waals surface area (Å²) in [6.07, 6.45) is 0. The Hall–Kier alpha value is -2.24. The van der Waals surface area contributed by atoms with Crippen LogP contribution < -0.4 is 10.5 Å². The van der Waals surface area contributed by atoms with Gasteiger partial charge in [-0.05, 0) is 32.9 Å². The van der Waals surface area contributed by atoms with Crippen LogP contribution in [-0.2, 0) is 9.53 Å². The third kappa shape index (κ3) is 4.37. The van der Waals surface area contributed by atoms with Crippen LogP contribution in [0.4, 0.5) is 5.69 Å². The zero-order chi connectivity index (χ0) is 15.8. The SMILES string of the molecule is CCOC(=O)CN(CC)C(=O)c1cccc(N)c1OCC. The Morgan fingerprint density at radius 3 is 2.48 bits per heavy atom. The van der Waals surface area contributed by atoms with Gasteiger partial charge in [0, 0.05) is 6.54 Å². The number of hydrogen-bond donors (Lipinski definition) is 1. The summed E-state index contributed by atoms with van der Waals surface area (Å²) < 4.78 is 10.3. The molecule has 0 saturated carbocycles. The van der Waals surface area contributed by atoms with Gasteiger partial charge in [0.25, 0.3) is 5.91 Å². The number of nitrogen functional groups attached to an aromatic ring is 1. The Morgan fingerprint density at radius 2 is 1.90 bits per heavy atom. The van der Waals surface area contributed by atoms with Gasteiger partial charge in [0.2, 0.25) is 0 Å². The van der Waals surface area contributed by atoms with Crippen LogP contribution in [-0.4, -0.2) is 43.1 Å². The average molecular weight is 294 g/mol.